The van der Waals surface area contributed by atoms with Crippen LogP contribution in [0.1, 0.15) is 32.1 Å². The second kappa shape index (κ2) is 2.49. The lowest BCUT2D eigenvalue weighted by Gasteiger charge is -2.29. The largest absolute Gasteiger partial charge is 0.198 e. The second-order valence-electron chi connectivity index (χ2n) is 4.23. The SMILES string of the molecule is N#CCC1(C#N)CC2CCC2C1. The summed E-state index contributed by atoms with van der Waals surface area (Å²) in [4.78, 5) is 0. The van der Waals surface area contributed by atoms with Crippen molar-refractivity contribution in [3.63, 3.8) is 0 Å². The first-order valence-electron chi connectivity index (χ1n) is 4.58. The van der Waals surface area contributed by atoms with Gasteiger partial charge in [-0.1, -0.05) is 0 Å². The van der Waals surface area contributed by atoms with Crippen LogP contribution in [0, 0.1) is 39.9 Å². The van der Waals surface area contributed by atoms with Crippen molar-refractivity contribution >= 4 is 0 Å². The predicted molar refractivity (Wildman–Crippen MR) is 43.7 cm³/mol. The lowest BCUT2D eigenvalue weighted by molar-refractivity contribution is 0.219. The Balaban J connectivity index is 2.12. The highest BCUT2D eigenvalue weighted by Crippen LogP contribution is 2.56. The highest BCUT2D eigenvalue weighted by atomic mass is 14.5. The maximum Gasteiger partial charge on any atom is 0.0709 e. The zero-order valence-electron chi connectivity index (χ0n) is 7.08. The quantitative estimate of drug-likeness (QED) is 0.590. The average molecular weight is 160 g/mol. The molecule has 0 spiro atoms. The molecule has 0 aromatic rings. The number of nitrogens with zero attached hydrogens (tertiary/aromatic N) is 2. The van der Waals surface area contributed by atoms with Gasteiger partial charge in [-0.15, -0.1) is 0 Å². The van der Waals surface area contributed by atoms with Crippen molar-refractivity contribution in [3.8, 4) is 12.1 Å². The van der Waals surface area contributed by atoms with E-state index in [-0.39, 0.29) is 5.41 Å². The molecule has 0 aromatic carbocycles. The summed E-state index contributed by atoms with van der Waals surface area (Å²) in [7, 11) is 0. The van der Waals surface area contributed by atoms with Crippen molar-refractivity contribution in [2.24, 2.45) is 17.3 Å². The fraction of sp³-hybridized carbons (Fsp3) is 0.800. The molecule has 2 fully saturated rings. The van der Waals surface area contributed by atoms with Gasteiger partial charge in [0.15, 0.2) is 0 Å². The molecule has 2 saturated carbocycles. The van der Waals surface area contributed by atoms with Gasteiger partial charge in [0.2, 0.25) is 0 Å². The maximum atomic E-state index is 9.01. The normalized spacial score (nSPS) is 43.8. The molecule has 2 aliphatic carbocycles. The minimum atomic E-state index is -0.263. The zero-order chi connectivity index (χ0) is 8.60. The molecular formula is C10H12N2. The fourth-order valence-electron chi connectivity index (χ4n) is 2.69. The van der Waals surface area contributed by atoms with E-state index in [2.05, 4.69) is 12.1 Å². The standard InChI is InChI=1S/C10H12N2/c11-4-3-10(7-12)5-8-1-2-9(8)6-10/h8-9H,1-3,5-6H2. The zero-order valence-corrected chi connectivity index (χ0v) is 7.08. The van der Waals surface area contributed by atoms with E-state index in [1.807, 2.05) is 0 Å². The topological polar surface area (TPSA) is 47.6 Å². The van der Waals surface area contributed by atoms with E-state index in [0.717, 1.165) is 24.7 Å². The summed E-state index contributed by atoms with van der Waals surface area (Å²) < 4.78 is 0. The molecule has 2 aliphatic rings. The summed E-state index contributed by atoms with van der Waals surface area (Å²) in [6.07, 6.45) is 5.00. The monoisotopic (exact) mass is 160 g/mol. The third kappa shape index (κ3) is 0.916. The van der Waals surface area contributed by atoms with Crippen molar-refractivity contribution in [3.05, 3.63) is 0 Å². The van der Waals surface area contributed by atoms with Crippen LogP contribution in [0.4, 0.5) is 0 Å². The molecule has 2 rings (SSSR count). The molecule has 2 nitrogen and oxygen atoms in total. The molecule has 0 N–H and O–H groups in total. The Bertz CT molecular complexity index is 257. The van der Waals surface area contributed by atoms with Gasteiger partial charge in [0, 0.05) is 0 Å². The first-order valence-corrected chi connectivity index (χ1v) is 4.58. The molecule has 0 amide bonds. The number of hydrogen-bond donors (Lipinski definition) is 0. The number of hydrogen-bond acceptors (Lipinski definition) is 2. The molecule has 2 unspecified atom stereocenters. The van der Waals surface area contributed by atoms with Gasteiger partial charge in [0.25, 0.3) is 0 Å². The number of fused-ring (bicyclic) bond motifs is 1. The Morgan fingerprint density at radius 2 is 1.75 bits per heavy atom. The molecule has 12 heavy (non-hydrogen) atoms. The molecule has 0 aromatic heterocycles. The van der Waals surface area contributed by atoms with Crippen LogP contribution in [0.25, 0.3) is 0 Å². The molecule has 2 heteroatoms. The Hall–Kier alpha value is -1.02. The van der Waals surface area contributed by atoms with Gasteiger partial charge in [0.05, 0.1) is 24.0 Å². The Morgan fingerprint density at radius 3 is 2.08 bits per heavy atom. The van der Waals surface area contributed by atoms with Gasteiger partial charge in [-0.3, -0.25) is 0 Å². The average Bonchev–Trinajstić information content (AvgIpc) is 2.30. The van der Waals surface area contributed by atoms with Crippen LogP contribution in [-0.2, 0) is 0 Å². The van der Waals surface area contributed by atoms with E-state index < -0.39 is 0 Å². The van der Waals surface area contributed by atoms with Crippen molar-refractivity contribution in [1.29, 1.82) is 10.5 Å². The van der Waals surface area contributed by atoms with Crippen LogP contribution in [0.2, 0.25) is 0 Å². The van der Waals surface area contributed by atoms with Crippen LogP contribution in [0.15, 0.2) is 0 Å². The van der Waals surface area contributed by atoms with Crippen LogP contribution in [-0.4, -0.2) is 0 Å². The van der Waals surface area contributed by atoms with Crippen LogP contribution in [0.5, 0.6) is 0 Å². The smallest absolute Gasteiger partial charge is 0.0709 e. The Morgan fingerprint density at radius 1 is 1.17 bits per heavy atom. The molecule has 0 heterocycles. The van der Waals surface area contributed by atoms with E-state index in [1.54, 1.807) is 0 Å². The summed E-state index contributed by atoms with van der Waals surface area (Å²) in [6, 6.07) is 4.50. The van der Waals surface area contributed by atoms with Crippen LogP contribution < -0.4 is 0 Å². The lowest BCUT2D eigenvalue weighted by Crippen LogP contribution is -2.18. The maximum absolute atomic E-state index is 9.01. The highest BCUT2D eigenvalue weighted by molar-refractivity contribution is 5.12. The fourth-order valence-corrected chi connectivity index (χ4v) is 2.69. The van der Waals surface area contributed by atoms with Crippen LogP contribution in [0.3, 0.4) is 0 Å². The van der Waals surface area contributed by atoms with E-state index in [9.17, 15) is 0 Å². The molecule has 62 valence electrons. The summed E-state index contributed by atoms with van der Waals surface area (Å²) in [5.74, 6) is 1.55. The lowest BCUT2D eigenvalue weighted by atomic mass is 9.77. The molecule has 2 atom stereocenters. The van der Waals surface area contributed by atoms with Crippen molar-refractivity contribution in [2.75, 3.05) is 0 Å². The predicted octanol–water partition coefficient (Wildman–Crippen LogP) is 2.23. The summed E-state index contributed by atoms with van der Waals surface area (Å²) in [5, 5.41) is 17.6. The van der Waals surface area contributed by atoms with Gasteiger partial charge >= 0.3 is 0 Å². The van der Waals surface area contributed by atoms with Gasteiger partial charge in [-0.2, -0.15) is 10.5 Å². The minimum absolute atomic E-state index is 0.263. The molecule has 0 aliphatic heterocycles. The first kappa shape index (κ1) is 7.62. The number of rotatable bonds is 1. The Kier molecular flexibility index (Phi) is 1.58. The summed E-state index contributed by atoms with van der Waals surface area (Å²) in [5.41, 5.74) is -0.263. The van der Waals surface area contributed by atoms with Crippen molar-refractivity contribution in [1.82, 2.24) is 0 Å². The van der Waals surface area contributed by atoms with Crippen LogP contribution >= 0.6 is 0 Å². The second-order valence-corrected chi connectivity index (χ2v) is 4.23. The molecule has 0 radical (unpaired) electrons. The van der Waals surface area contributed by atoms with E-state index in [1.165, 1.54) is 12.8 Å². The highest BCUT2D eigenvalue weighted by Gasteiger charge is 2.49. The summed E-state index contributed by atoms with van der Waals surface area (Å²) in [6.45, 7) is 0. The number of nitriles is 2. The van der Waals surface area contributed by atoms with Gasteiger partial charge in [-0.05, 0) is 37.5 Å². The Labute approximate surface area is 72.8 Å². The van der Waals surface area contributed by atoms with Gasteiger partial charge in [-0.25, -0.2) is 0 Å². The van der Waals surface area contributed by atoms with E-state index in [0.29, 0.717) is 6.42 Å². The van der Waals surface area contributed by atoms with Gasteiger partial charge in [0.1, 0.15) is 0 Å². The molecule has 0 bridgehead atoms. The third-order valence-corrected chi connectivity index (χ3v) is 3.54. The van der Waals surface area contributed by atoms with E-state index >= 15 is 0 Å². The van der Waals surface area contributed by atoms with E-state index in [4.69, 9.17) is 10.5 Å². The minimum Gasteiger partial charge on any atom is -0.198 e. The third-order valence-electron chi connectivity index (χ3n) is 3.54. The molecule has 0 saturated heterocycles. The van der Waals surface area contributed by atoms with Gasteiger partial charge < -0.3 is 0 Å². The van der Waals surface area contributed by atoms with Crippen molar-refractivity contribution < 1.29 is 0 Å². The first-order chi connectivity index (χ1) is 5.79. The molecular weight excluding hydrogens is 148 g/mol. The summed E-state index contributed by atoms with van der Waals surface area (Å²) >= 11 is 0. The van der Waals surface area contributed by atoms with Crippen molar-refractivity contribution in [2.45, 2.75) is 32.1 Å².